The molecule has 0 N–H and O–H groups in total. The van der Waals surface area contributed by atoms with Gasteiger partial charge in [0.2, 0.25) is 0 Å². The van der Waals surface area contributed by atoms with Crippen molar-refractivity contribution in [2.24, 2.45) is 28.6 Å². The minimum absolute atomic E-state index is 0.0136. The maximum absolute atomic E-state index is 12.3. The summed E-state index contributed by atoms with van der Waals surface area (Å²) in [6.07, 6.45) is 21.0. The SMILES string of the molecule is CCCCCC(=O)O[C@H]1CC[C@@]2(C)C(=CC[C@@H]3C2CC[C@]2(C)C(c4cccnc4)=CC[C@@H]32)C1. The van der Waals surface area contributed by atoms with Crippen molar-refractivity contribution in [1.29, 1.82) is 0 Å². The van der Waals surface area contributed by atoms with Crippen LogP contribution >= 0.6 is 0 Å². The van der Waals surface area contributed by atoms with Gasteiger partial charge in [0.05, 0.1) is 0 Å². The van der Waals surface area contributed by atoms with E-state index >= 15 is 0 Å². The summed E-state index contributed by atoms with van der Waals surface area (Å²) < 4.78 is 5.92. The molecule has 0 aliphatic heterocycles. The lowest BCUT2D eigenvalue weighted by Gasteiger charge is -2.57. The van der Waals surface area contributed by atoms with Gasteiger partial charge in [-0.1, -0.05) is 57.4 Å². The molecule has 4 aliphatic carbocycles. The van der Waals surface area contributed by atoms with Crippen molar-refractivity contribution in [3.8, 4) is 0 Å². The molecule has 0 amide bonds. The molecule has 4 aliphatic rings. The molecule has 33 heavy (non-hydrogen) atoms. The van der Waals surface area contributed by atoms with E-state index in [-0.39, 0.29) is 22.9 Å². The fraction of sp³-hybridized carbons (Fsp3) is 0.667. The molecular weight excluding hydrogens is 406 g/mol. The number of ether oxygens (including phenoxy) is 1. The van der Waals surface area contributed by atoms with E-state index in [1.807, 2.05) is 6.20 Å². The molecule has 2 fully saturated rings. The largest absolute Gasteiger partial charge is 0.462 e. The lowest BCUT2D eigenvalue weighted by atomic mass is 9.47. The van der Waals surface area contributed by atoms with Gasteiger partial charge in [0.15, 0.2) is 0 Å². The molecule has 0 spiro atoms. The van der Waals surface area contributed by atoms with Crippen molar-refractivity contribution >= 4 is 11.5 Å². The van der Waals surface area contributed by atoms with Crippen molar-refractivity contribution in [1.82, 2.24) is 4.98 Å². The summed E-state index contributed by atoms with van der Waals surface area (Å²) in [6.45, 7) is 7.23. The average molecular weight is 448 g/mol. The molecule has 0 radical (unpaired) electrons. The Hall–Kier alpha value is -1.90. The lowest BCUT2D eigenvalue weighted by molar-refractivity contribution is -0.151. The number of aromatic nitrogens is 1. The van der Waals surface area contributed by atoms with E-state index in [1.54, 1.807) is 5.57 Å². The minimum Gasteiger partial charge on any atom is -0.462 e. The zero-order valence-corrected chi connectivity index (χ0v) is 20.8. The Bertz CT molecular complexity index is 934. The van der Waals surface area contributed by atoms with Crippen LogP contribution in [0, 0.1) is 28.6 Å². The third-order valence-electron chi connectivity index (χ3n) is 9.89. The summed E-state index contributed by atoms with van der Waals surface area (Å²) in [5, 5.41) is 0. The van der Waals surface area contributed by atoms with Gasteiger partial charge < -0.3 is 4.74 Å². The van der Waals surface area contributed by atoms with Crippen molar-refractivity contribution < 1.29 is 9.53 Å². The molecule has 0 aromatic carbocycles. The predicted molar refractivity (Wildman–Crippen MR) is 133 cm³/mol. The number of carbonyl (C=O) groups excluding carboxylic acids is 1. The number of allylic oxidation sites excluding steroid dienone is 3. The van der Waals surface area contributed by atoms with E-state index in [9.17, 15) is 4.79 Å². The molecule has 3 heteroatoms. The van der Waals surface area contributed by atoms with Crippen molar-refractivity contribution in [3.63, 3.8) is 0 Å². The van der Waals surface area contributed by atoms with Gasteiger partial charge in [0.25, 0.3) is 0 Å². The first-order valence-corrected chi connectivity index (χ1v) is 13.5. The second-order valence-electron chi connectivity index (χ2n) is 11.6. The standard InChI is InChI=1S/C30H41NO2/c1-4-5-6-9-28(32)33-23-14-16-29(2)22(19-23)10-11-24-26-13-12-25(21-8-7-18-31-20-21)30(26,3)17-15-27(24)29/h7-8,10,12,18,20,23-24,26-27H,4-6,9,11,13-17,19H2,1-3H3/t23-,24-,26-,27?,29-,30+/m0/s1. The fourth-order valence-corrected chi connectivity index (χ4v) is 8.03. The predicted octanol–water partition coefficient (Wildman–Crippen LogP) is 7.53. The second kappa shape index (κ2) is 9.04. The quantitative estimate of drug-likeness (QED) is 0.257. The Labute approximate surface area is 200 Å². The molecule has 178 valence electrons. The Balaban J connectivity index is 1.29. The van der Waals surface area contributed by atoms with E-state index in [2.05, 4.69) is 56.2 Å². The Kier molecular flexibility index (Phi) is 6.27. The number of unbranched alkanes of at least 4 members (excludes halogenated alkanes) is 2. The molecule has 1 heterocycles. The maximum Gasteiger partial charge on any atom is 0.306 e. The molecule has 1 unspecified atom stereocenters. The molecule has 0 saturated heterocycles. The van der Waals surface area contributed by atoms with Crippen LogP contribution in [0.5, 0.6) is 0 Å². The number of carbonyl (C=O) groups is 1. The fourth-order valence-electron chi connectivity index (χ4n) is 8.03. The first-order valence-electron chi connectivity index (χ1n) is 13.5. The minimum atomic E-state index is 0.0136. The Morgan fingerprint density at radius 1 is 1.09 bits per heavy atom. The summed E-state index contributed by atoms with van der Waals surface area (Å²) in [5.41, 5.74) is 5.00. The highest BCUT2D eigenvalue weighted by Gasteiger charge is 2.57. The van der Waals surface area contributed by atoms with E-state index in [4.69, 9.17) is 4.74 Å². The monoisotopic (exact) mass is 447 g/mol. The smallest absolute Gasteiger partial charge is 0.306 e. The summed E-state index contributed by atoms with van der Waals surface area (Å²) in [6, 6.07) is 4.31. The molecule has 3 nitrogen and oxygen atoms in total. The average Bonchev–Trinajstić information content (AvgIpc) is 3.17. The van der Waals surface area contributed by atoms with Gasteiger partial charge in [-0.3, -0.25) is 9.78 Å². The highest BCUT2D eigenvalue weighted by atomic mass is 16.5. The van der Waals surface area contributed by atoms with Crippen LogP contribution < -0.4 is 0 Å². The highest BCUT2D eigenvalue weighted by Crippen LogP contribution is 2.66. The van der Waals surface area contributed by atoms with E-state index in [0.29, 0.717) is 6.42 Å². The number of pyridine rings is 1. The van der Waals surface area contributed by atoms with Gasteiger partial charge in [0, 0.05) is 25.2 Å². The second-order valence-corrected chi connectivity index (χ2v) is 11.6. The summed E-state index contributed by atoms with van der Waals surface area (Å²) in [7, 11) is 0. The van der Waals surface area contributed by atoms with Gasteiger partial charge in [0.1, 0.15) is 6.10 Å². The molecule has 1 aromatic heterocycles. The van der Waals surface area contributed by atoms with E-state index < -0.39 is 0 Å². The molecule has 1 aromatic rings. The number of hydrogen-bond donors (Lipinski definition) is 0. The van der Waals surface area contributed by atoms with Gasteiger partial charge in [-0.25, -0.2) is 0 Å². The lowest BCUT2D eigenvalue weighted by Crippen LogP contribution is -2.50. The van der Waals surface area contributed by atoms with Crippen LogP contribution in [0.3, 0.4) is 0 Å². The van der Waals surface area contributed by atoms with Crippen LogP contribution in [0.2, 0.25) is 0 Å². The Morgan fingerprint density at radius 3 is 2.73 bits per heavy atom. The zero-order valence-electron chi connectivity index (χ0n) is 20.8. The zero-order chi connectivity index (χ0) is 23.1. The number of fused-ring (bicyclic) bond motifs is 5. The van der Waals surface area contributed by atoms with Gasteiger partial charge in [-0.15, -0.1) is 0 Å². The number of esters is 1. The summed E-state index contributed by atoms with van der Waals surface area (Å²) in [5.74, 6) is 2.27. The maximum atomic E-state index is 12.3. The third-order valence-corrected chi connectivity index (χ3v) is 9.89. The molecule has 5 rings (SSSR count). The normalized spacial score (nSPS) is 37.3. The summed E-state index contributed by atoms with van der Waals surface area (Å²) in [4.78, 5) is 16.7. The number of hydrogen-bond acceptors (Lipinski definition) is 3. The van der Waals surface area contributed by atoms with Crippen LogP contribution in [0.25, 0.3) is 5.57 Å². The summed E-state index contributed by atoms with van der Waals surface area (Å²) >= 11 is 0. The van der Waals surface area contributed by atoms with Gasteiger partial charge in [-0.2, -0.15) is 0 Å². The topological polar surface area (TPSA) is 39.2 Å². The van der Waals surface area contributed by atoms with Crippen molar-refractivity contribution in [3.05, 3.63) is 47.8 Å². The van der Waals surface area contributed by atoms with Crippen LogP contribution in [0.15, 0.2) is 42.3 Å². The van der Waals surface area contributed by atoms with Crippen molar-refractivity contribution in [2.45, 2.75) is 97.5 Å². The van der Waals surface area contributed by atoms with Crippen LogP contribution in [-0.2, 0) is 9.53 Å². The first kappa shape index (κ1) is 22.9. The van der Waals surface area contributed by atoms with Crippen LogP contribution in [-0.4, -0.2) is 17.1 Å². The molecule has 0 bridgehead atoms. The first-order chi connectivity index (χ1) is 16.0. The number of rotatable bonds is 6. The van der Waals surface area contributed by atoms with E-state index in [1.165, 1.54) is 43.2 Å². The van der Waals surface area contributed by atoms with Crippen LogP contribution in [0.1, 0.15) is 97.0 Å². The third kappa shape index (κ3) is 4.00. The molecular formula is C30H41NO2. The van der Waals surface area contributed by atoms with E-state index in [0.717, 1.165) is 49.9 Å². The Morgan fingerprint density at radius 2 is 1.94 bits per heavy atom. The van der Waals surface area contributed by atoms with Gasteiger partial charge in [-0.05, 0) is 90.7 Å². The van der Waals surface area contributed by atoms with Gasteiger partial charge >= 0.3 is 5.97 Å². The highest BCUT2D eigenvalue weighted by molar-refractivity contribution is 5.72. The van der Waals surface area contributed by atoms with Crippen molar-refractivity contribution in [2.75, 3.05) is 0 Å². The number of nitrogens with zero attached hydrogens (tertiary/aromatic N) is 1. The van der Waals surface area contributed by atoms with Crippen LogP contribution in [0.4, 0.5) is 0 Å². The molecule has 2 saturated carbocycles. The molecule has 6 atom stereocenters.